The van der Waals surface area contributed by atoms with Crippen molar-refractivity contribution in [1.29, 1.82) is 0 Å². The molecule has 5 nitrogen and oxygen atoms in total. The molecule has 0 radical (unpaired) electrons. The number of alkyl carbamates (subject to hydrolysis) is 1. The van der Waals surface area contributed by atoms with E-state index >= 15 is 0 Å². The average molecular weight is 243 g/mol. The molecule has 8 heteroatoms. The van der Waals surface area contributed by atoms with E-state index in [9.17, 15) is 22.8 Å². The summed E-state index contributed by atoms with van der Waals surface area (Å²) in [5, 5.41) is 10.3. The van der Waals surface area contributed by atoms with Crippen molar-refractivity contribution >= 4 is 12.1 Å². The molecule has 0 aliphatic heterocycles. The predicted molar refractivity (Wildman–Crippen MR) is 46.9 cm³/mol. The summed E-state index contributed by atoms with van der Waals surface area (Å²) in [4.78, 5) is 20.7. The molecule has 0 aliphatic carbocycles. The van der Waals surface area contributed by atoms with Crippen LogP contribution in [0.25, 0.3) is 0 Å². The third kappa shape index (κ3) is 10.6. The van der Waals surface area contributed by atoms with Crippen molar-refractivity contribution in [3.05, 3.63) is 0 Å². The third-order valence-electron chi connectivity index (χ3n) is 1.45. The van der Waals surface area contributed by atoms with Crippen LogP contribution in [-0.2, 0) is 9.53 Å². The van der Waals surface area contributed by atoms with Crippen molar-refractivity contribution in [2.75, 3.05) is 13.2 Å². The zero-order chi connectivity index (χ0) is 12.6. The van der Waals surface area contributed by atoms with Gasteiger partial charge in [-0.05, 0) is 12.8 Å². The Hall–Kier alpha value is -1.47. The molecule has 16 heavy (non-hydrogen) atoms. The van der Waals surface area contributed by atoms with Crippen molar-refractivity contribution in [1.82, 2.24) is 5.32 Å². The number of carboxylic acid groups (broad SMARTS) is 1. The van der Waals surface area contributed by atoms with Crippen LogP contribution in [0, 0.1) is 0 Å². The number of hydrogen-bond acceptors (Lipinski definition) is 3. The van der Waals surface area contributed by atoms with Gasteiger partial charge in [-0.15, -0.1) is 0 Å². The van der Waals surface area contributed by atoms with E-state index in [0.29, 0.717) is 12.8 Å². The van der Waals surface area contributed by atoms with Gasteiger partial charge in [-0.1, -0.05) is 0 Å². The first-order valence-electron chi connectivity index (χ1n) is 4.50. The second kappa shape index (κ2) is 6.91. The van der Waals surface area contributed by atoms with Crippen molar-refractivity contribution in [3.63, 3.8) is 0 Å². The summed E-state index contributed by atoms with van der Waals surface area (Å²) in [6, 6.07) is 0. The Bertz CT molecular complexity index is 242. The molecule has 0 fully saturated rings. The lowest BCUT2D eigenvalue weighted by Crippen LogP contribution is -2.29. The average Bonchev–Trinajstić information content (AvgIpc) is 2.12. The van der Waals surface area contributed by atoms with Gasteiger partial charge >= 0.3 is 18.2 Å². The van der Waals surface area contributed by atoms with Gasteiger partial charge in [-0.25, -0.2) is 4.79 Å². The Morgan fingerprint density at radius 2 is 1.88 bits per heavy atom. The van der Waals surface area contributed by atoms with E-state index in [1.807, 2.05) is 0 Å². The lowest BCUT2D eigenvalue weighted by atomic mass is 10.2. The summed E-state index contributed by atoms with van der Waals surface area (Å²) in [5.41, 5.74) is 0. The number of carbonyl (C=O) groups excluding carboxylic acids is 1. The Morgan fingerprint density at radius 3 is 2.38 bits per heavy atom. The van der Waals surface area contributed by atoms with Crippen LogP contribution in [0.4, 0.5) is 18.0 Å². The van der Waals surface area contributed by atoms with Crippen LogP contribution in [-0.4, -0.2) is 36.5 Å². The SMILES string of the molecule is O=C(O)CCCCNC(=O)OCC(F)(F)F. The number of halogens is 3. The lowest BCUT2D eigenvalue weighted by molar-refractivity contribution is -0.160. The van der Waals surface area contributed by atoms with Crippen LogP contribution in [0.2, 0.25) is 0 Å². The molecular formula is C8H12F3NO4. The molecule has 0 rings (SSSR count). The third-order valence-corrected chi connectivity index (χ3v) is 1.45. The first-order chi connectivity index (χ1) is 7.31. The number of hydrogen-bond donors (Lipinski definition) is 2. The van der Waals surface area contributed by atoms with Crippen molar-refractivity contribution < 1.29 is 32.6 Å². The summed E-state index contributed by atoms with van der Waals surface area (Å²) in [7, 11) is 0. The summed E-state index contributed by atoms with van der Waals surface area (Å²) >= 11 is 0. The van der Waals surface area contributed by atoms with E-state index in [1.165, 1.54) is 0 Å². The maximum absolute atomic E-state index is 11.6. The molecule has 0 atom stereocenters. The second-order valence-electron chi connectivity index (χ2n) is 2.97. The molecule has 0 aromatic heterocycles. The molecular weight excluding hydrogens is 231 g/mol. The van der Waals surface area contributed by atoms with E-state index in [0.717, 1.165) is 0 Å². The number of ether oxygens (including phenoxy) is 1. The highest BCUT2D eigenvalue weighted by molar-refractivity contribution is 5.67. The Labute approximate surface area is 89.6 Å². The quantitative estimate of drug-likeness (QED) is 0.693. The van der Waals surface area contributed by atoms with Crippen LogP contribution in [0.15, 0.2) is 0 Å². The van der Waals surface area contributed by atoms with Gasteiger partial charge < -0.3 is 15.2 Å². The minimum atomic E-state index is -4.54. The van der Waals surface area contributed by atoms with Gasteiger partial charge in [0.05, 0.1) is 0 Å². The topological polar surface area (TPSA) is 75.6 Å². The molecule has 0 bridgehead atoms. The Kier molecular flexibility index (Phi) is 6.28. The van der Waals surface area contributed by atoms with Gasteiger partial charge in [0.1, 0.15) is 0 Å². The maximum Gasteiger partial charge on any atom is 0.422 e. The van der Waals surface area contributed by atoms with Gasteiger partial charge in [-0.2, -0.15) is 13.2 Å². The summed E-state index contributed by atoms with van der Waals surface area (Å²) in [6.07, 6.45) is -5.03. The minimum Gasteiger partial charge on any atom is -0.481 e. The number of amides is 1. The highest BCUT2D eigenvalue weighted by Gasteiger charge is 2.29. The fourth-order valence-electron chi connectivity index (χ4n) is 0.790. The minimum absolute atomic E-state index is 0.0424. The smallest absolute Gasteiger partial charge is 0.422 e. The van der Waals surface area contributed by atoms with Gasteiger partial charge in [0.2, 0.25) is 0 Å². The van der Waals surface area contributed by atoms with Crippen LogP contribution in [0.3, 0.4) is 0 Å². The number of nitrogens with one attached hydrogen (secondary N) is 1. The van der Waals surface area contributed by atoms with Gasteiger partial charge in [-0.3, -0.25) is 4.79 Å². The van der Waals surface area contributed by atoms with E-state index < -0.39 is 24.8 Å². The largest absolute Gasteiger partial charge is 0.481 e. The standard InChI is InChI=1S/C8H12F3NO4/c9-8(10,11)5-16-7(15)12-4-2-1-3-6(13)14/h1-5H2,(H,12,15)(H,13,14). The van der Waals surface area contributed by atoms with E-state index in [2.05, 4.69) is 10.1 Å². The highest BCUT2D eigenvalue weighted by atomic mass is 19.4. The van der Waals surface area contributed by atoms with Gasteiger partial charge in [0, 0.05) is 13.0 Å². The first-order valence-corrected chi connectivity index (χ1v) is 4.50. The fraction of sp³-hybridized carbons (Fsp3) is 0.750. The molecule has 1 amide bonds. The molecule has 0 aliphatic rings. The molecule has 0 saturated carbocycles. The molecule has 0 heterocycles. The molecule has 0 spiro atoms. The number of carboxylic acids is 1. The highest BCUT2D eigenvalue weighted by Crippen LogP contribution is 2.14. The zero-order valence-electron chi connectivity index (χ0n) is 8.34. The first kappa shape index (κ1) is 14.5. The number of alkyl halides is 3. The van der Waals surface area contributed by atoms with Crippen LogP contribution < -0.4 is 5.32 Å². The van der Waals surface area contributed by atoms with E-state index in [-0.39, 0.29) is 13.0 Å². The maximum atomic E-state index is 11.6. The fourth-order valence-corrected chi connectivity index (χ4v) is 0.790. The van der Waals surface area contributed by atoms with Gasteiger partial charge in [0.15, 0.2) is 6.61 Å². The van der Waals surface area contributed by atoms with E-state index in [4.69, 9.17) is 5.11 Å². The number of rotatable bonds is 6. The molecule has 0 aromatic carbocycles. The molecule has 2 N–H and O–H groups in total. The predicted octanol–water partition coefficient (Wildman–Crippen LogP) is 1.53. The molecule has 94 valence electrons. The Morgan fingerprint density at radius 1 is 1.25 bits per heavy atom. The zero-order valence-corrected chi connectivity index (χ0v) is 8.34. The molecule has 0 unspecified atom stereocenters. The molecule has 0 aromatic rings. The number of aliphatic carboxylic acids is 1. The summed E-state index contributed by atoms with van der Waals surface area (Å²) < 4.78 is 38.6. The number of carbonyl (C=O) groups is 2. The van der Waals surface area contributed by atoms with E-state index in [1.54, 1.807) is 0 Å². The molecule has 0 saturated heterocycles. The van der Waals surface area contributed by atoms with Crippen LogP contribution in [0.5, 0.6) is 0 Å². The second-order valence-corrected chi connectivity index (χ2v) is 2.97. The van der Waals surface area contributed by atoms with Crippen molar-refractivity contribution in [2.24, 2.45) is 0 Å². The van der Waals surface area contributed by atoms with Crippen molar-refractivity contribution in [2.45, 2.75) is 25.4 Å². The van der Waals surface area contributed by atoms with Crippen molar-refractivity contribution in [3.8, 4) is 0 Å². The summed E-state index contributed by atoms with van der Waals surface area (Å²) in [6.45, 7) is -1.54. The normalized spacial score (nSPS) is 10.9. The monoisotopic (exact) mass is 243 g/mol. The van der Waals surface area contributed by atoms with Crippen LogP contribution in [0.1, 0.15) is 19.3 Å². The summed E-state index contributed by atoms with van der Waals surface area (Å²) in [5.74, 6) is -0.959. The number of unbranched alkanes of at least 4 members (excludes halogenated alkanes) is 1. The Balaban J connectivity index is 3.41. The lowest BCUT2D eigenvalue weighted by Gasteiger charge is -2.08. The van der Waals surface area contributed by atoms with Gasteiger partial charge in [0.25, 0.3) is 0 Å². The van der Waals surface area contributed by atoms with Crippen LogP contribution >= 0.6 is 0 Å².